The summed E-state index contributed by atoms with van der Waals surface area (Å²) in [6.45, 7) is 5.14. The molecule has 1 heterocycles. The largest absolute Gasteiger partial charge is 0.370 e. The van der Waals surface area contributed by atoms with Crippen molar-refractivity contribution in [3.8, 4) is 11.4 Å². The first-order chi connectivity index (χ1) is 8.29. The molecule has 17 heavy (non-hydrogen) atoms. The average Bonchev–Trinajstić information content (AvgIpc) is 2.37. The molecule has 3 heteroatoms. The zero-order valence-electron chi connectivity index (χ0n) is 10.3. The van der Waals surface area contributed by atoms with E-state index in [1.54, 1.807) is 6.20 Å². The van der Waals surface area contributed by atoms with Crippen LogP contribution in [0.15, 0.2) is 36.5 Å². The highest BCUT2D eigenvalue weighted by atomic mass is 15.0. The fraction of sp³-hybridized carbons (Fsp3) is 0.286. The van der Waals surface area contributed by atoms with Crippen LogP contribution in [-0.4, -0.2) is 16.5 Å². The Kier molecular flexibility index (Phi) is 3.70. The van der Waals surface area contributed by atoms with Crippen LogP contribution >= 0.6 is 0 Å². The van der Waals surface area contributed by atoms with Gasteiger partial charge in [-0.05, 0) is 25.5 Å². The van der Waals surface area contributed by atoms with Crippen molar-refractivity contribution < 1.29 is 0 Å². The third kappa shape index (κ3) is 3.03. The third-order valence-electron chi connectivity index (χ3n) is 2.49. The molecule has 0 aliphatic heterocycles. The Hall–Kier alpha value is -1.90. The minimum absolute atomic E-state index is 0.773. The number of nitrogens with zero attached hydrogens (tertiary/aromatic N) is 2. The van der Waals surface area contributed by atoms with Crippen LogP contribution in [0.1, 0.15) is 18.9 Å². The van der Waals surface area contributed by atoms with Crippen molar-refractivity contribution in [1.82, 2.24) is 9.97 Å². The maximum absolute atomic E-state index is 4.50. The second kappa shape index (κ2) is 5.43. The number of nitrogens with one attached hydrogen (secondary N) is 1. The molecule has 1 N–H and O–H groups in total. The van der Waals surface area contributed by atoms with Crippen molar-refractivity contribution in [3.05, 3.63) is 42.1 Å². The van der Waals surface area contributed by atoms with E-state index >= 15 is 0 Å². The zero-order chi connectivity index (χ0) is 12.1. The van der Waals surface area contributed by atoms with Crippen LogP contribution in [0.4, 0.5) is 5.82 Å². The molecule has 0 radical (unpaired) electrons. The number of hydrogen-bond acceptors (Lipinski definition) is 3. The molecule has 1 aromatic carbocycles. The Morgan fingerprint density at radius 3 is 2.88 bits per heavy atom. The zero-order valence-corrected chi connectivity index (χ0v) is 10.3. The van der Waals surface area contributed by atoms with Crippen molar-refractivity contribution in [2.45, 2.75) is 20.3 Å². The highest BCUT2D eigenvalue weighted by Gasteiger charge is 2.02. The van der Waals surface area contributed by atoms with Crippen LogP contribution < -0.4 is 5.32 Å². The summed E-state index contributed by atoms with van der Waals surface area (Å²) < 4.78 is 0. The molecule has 0 atom stereocenters. The van der Waals surface area contributed by atoms with Gasteiger partial charge in [-0.1, -0.05) is 30.7 Å². The Morgan fingerprint density at radius 2 is 2.12 bits per heavy atom. The molecule has 1 aromatic heterocycles. The second-order valence-corrected chi connectivity index (χ2v) is 4.06. The number of benzene rings is 1. The van der Waals surface area contributed by atoms with Crippen LogP contribution in [0.3, 0.4) is 0 Å². The molecule has 2 rings (SSSR count). The van der Waals surface area contributed by atoms with Crippen molar-refractivity contribution in [2.75, 3.05) is 11.9 Å². The highest BCUT2D eigenvalue weighted by molar-refractivity contribution is 5.57. The normalized spacial score (nSPS) is 10.2. The van der Waals surface area contributed by atoms with E-state index in [9.17, 15) is 0 Å². The molecule has 2 aromatic rings. The Labute approximate surface area is 102 Å². The third-order valence-corrected chi connectivity index (χ3v) is 2.49. The van der Waals surface area contributed by atoms with E-state index in [-0.39, 0.29) is 0 Å². The molecular formula is C14H17N3. The molecule has 0 aliphatic rings. The monoisotopic (exact) mass is 227 g/mol. The smallest absolute Gasteiger partial charge is 0.161 e. The van der Waals surface area contributed by atoms with Gasteiger partial charge in [0.05, 0.1) is 0 Å². The maximum atomic E-state index is 4.50. The summed E-state index contributed by atoms with van der Waals surface area (Å²) in [5.74, 6) is 1.66. The van der Waals surface area contributed by atoms with Crippen LogP contribution in [0.5, 0.6) is 0 Å². The van der Waals surface area contributed by atoms with Crippen molar-refractivity contribution >= 4 is 5.82 Å². The lowest BCUT2D eigenvalue weighted by atomic mass is 10.1. The molecule has 0 saturated carbocycles. The number of aromatic nitrogens is 2. The lowest BCUT2D eigenvalue weighted by Crippen LogP contribution is -2.03. The van der Waals surface area contributed by atoms with E-state index in [1.807, 2.05) is 18.2 Å². The van der Waals surface area contributed by atoms with Crippen molar-refractivity contribution in [3.63, 3.8) is 0 Å². The van der Waals surface area contributed by atoms with Gasteiger partial charge in [-0.15, -0.1) is 0 Å². The quantitative estimate of drug-likeness (QED) is 0.871. The van der Waals surface area contributed by atoms with Gasteiger partial charge in [0, 0.05) is 18.3 Å². The summed E-state index contributed by atoms with van der Waals surface area (Å²) >= 11 is 0. The molecule has 0 fully saturated rings. The minimum Gasteiger partial charge on any atom is -0.370 e. The Bertz CT molecular complexity index is 494. The minimum atomic E-state index is 0.773. The van der Waals surface area contributed by atoms with Crippen LogP contribution in [0, 0.1) is 6.92 Å². The number of rotatable bonds is 4. The summed E-state index contributed by atoms with van der Waals surface area (Å²) in [7, 11) is 0. The van der Waals surface area contributed by atoms with Gasteiger partial charge in [0.15, 0.2) is 5.82 Å². The van der Waals surface area contributed by atoms with Gasteiger partial charge in [0.1, 0.15) is 5.82 Å². The van der Waals surface area contributed by atoms with Crippen molar-refractivity contribution in [1.29, 1.82) is 0 Å². The molecule has 0 aliphatic carbocycles. The Balaban J connectivity index is 2.26. The highest BCUT2D eigenvalue weighted by Crippen LogP contribution is 2.17. The van der Waals surface area contributed by atoms with Gasteiger partial charge in [-0.3, -0.25) is 0 Å². The number of aryl methyl sites for hydroxylation is 1. The maximum Gasteiger partial charge on any atom is 0.161 e. The van der Waals surface area contributed by atoms with E-state index in [2.05, 4.69) is 41.3 Å². The van der Waals surface area contributed by atoms with E-state index in [0.717, 1.165) is 30.2 Å². The first-order valence-corrected chi connectivity index (χ1v) is 5.93. The second-order valence-electron chi connectivity index (χ2n) is 4.06. The predicted molar refractivity (Wildman–Crippen MR) is 71.0 cm³/mol. The van der Waals surface area contributed by atoms with Crippen LogP contribution in [0.25, 0.3) is 11.4 Å². The predicted octanol–water partition coefficient (Wildman–Crippen LogP) is 3.27. The molecule has 0 amide bonds. The van der Waals surface area contributed by atoms with E-state index in [0.29, 0.717) is 0 Å². The van der Waals surface area contributed by atoms with Gasteiger partial charge in [0.2, 0.25) is 0 Å². The topological polar surface area (TPSA) is 37.8 Å². The molecule has 3 nitrogen and oxygen atoms in total. The summed E-state index contributed by atoms with van der Waals surface area (Å²) in [4.78, 5) is 8.81. The summed E-state index contributed by atoms with van der Waals surface area (Å²) in [5.41, 5.74) is 2.28. The van der Waals surface area contributed by atoms with Gasteiger partial charge in [-0.2, -0.15) is 0 Å². The molecule has 0 saturated heterocycles. The van der Waals surface area contributed by atoms with E-state index in [4.69, 9.17) is 0 Å². The molecule has 0 spiro atoms. The van der Waals surface area contributed by atoms with E-state index in [1.165, 1.54) is 5.56 Å². The van der Waals surface area contributed by atoms with Gasteiger partial charge >= 0.3 is 0 Å². The molecule has 0 bridgehead atoms. The van der Waals surface area contributed by atoms with Crippen LogP contribution in [0.2, 0.25) is 0 Å². The standard InChI is InChI=1S/C14H17N3/c1-3-8-15-13-7-9-16-14(17-13)12-6-4-5-11(2)10-12/h4-7,9-10H,3,8H2,1-2H3,(H,15,16,17). The fourth-order valence-electron chi connectivity index (χ4n) is 1.63. The summed E-state index contributed by atoms with van der Waals surface area (Å²) in [5, 5.41) is 3.27. The fourth-order valence-corrected chi connectivity index (χ4v) is 1.63. The summed E-state index contributed by atoms with van der Waals surface area (Å²) in [6.07, 6.45) is 2.88. The Morgan fingerprint density at radius 1 is 1.24 bits per heavy atom. The molecular weight excluding hydrogens is 210 g/mol. The molecule has 88 valence electrons. The lowest BCUT2D eigenvalue weighted by Gasteiger charge is -2.06. The van der Waals surface area contributed by atoms with Gasteiger partial charge in [-0.25, -0.2) is 9.97 Å². The van der Waals surface area contributed by atoms with Gasteiger partial charge < -0.3 is 5.32 Å². The number of anilines is 1. The van der Waals surface area contributed by atoms with Gasteiger partial charge in [0.25, 0.3) is 0 Å². The van der Waals surface area contributed by atoms with Crippen LogP contribution in [-0.2, 0) is 0 Å². The first kappa shape index (κ1) is 11.6. The average molecular weight is 227 g/mol. The van der Waals surface area contributed by atoms with Crippen molar-refractivity contribution in [2.24, 2.45) is 0 Å². The molecule has 0 unspecified atom stereocenters. The summed E-state index contributed by atoms with van der Waals surface area (Å²) in [6, 6.07) is 10.1. The lowest BCUT2D eigenvalue weighted by molar-refractivity contribution is 0.966. The van der Waals surface area contributed by atoms with E-state index < -0.39 is 0 Å². The first-order valence-electron chi connectivity index (χ1n) is 5.93. The number of hydrogen-bond donors (Lipinski definition) is 1. The SMILES string of the molecule is CCCNc1ccnc(-c2cccc(C)c2)n1.